The molecule has 0 N–H and O–H groups in total. The van der Waals surface area contributed by atoms with Gasteiger partial charge in [0.1, 0.15) is 0 Å². The van der Waals surface area contributed by atoms with E-state index in [2.05, 4.69) is 29.2 Å². The zero-order valence-electron chi connectivity index (χ0n) is 15.5. The van der Waals surface area contributed by atoms with Gasteiger partial charge in [0.05, 0.1) is 6.61 Å². The van der Waals surface area contributed by atoms with Gasteiger partial charge < -0.3 is 9.64 Å². The number of hydrogen-bond acceptors (Lipinski definition) is 3. The second kappa shape index (κ2) is 6.73. The average molecular weight is 342 g/mol. The van der Waals surface area contributed by atoms with Crippen LogP contribution in [0.1, 0.15) is 49.1 Å². The third-order valence-electron chi connectivity index (χ3n) is 6.71. The Labute approximate surface area is 151 Å². The van der Waals surface area contributed by atoms with Crippen molar-refractivity contribution in [3.63, 3.8) is 0 Å². The third-order valence-corrected chi connectivity index (χ3v) is 6.71. The van der Waals surface area contributed by atoms with E-state index in [-0.39, 0.29) is 11.3 Å². The maximum absolute atomic E-state index is 12.3. The largest absolute Gasteiger partial charge is 0.380 e. The molecule has 0 bridgehead atoms. The molecule has 3 aliphatic rings. The molecule has 2 saturated heterocycles. The van der Waals surface area contributed by atoms with Crippen LogP contribution in [0.2, 0.25) is 0 Å². The third kappa shape index (κ3) is 3.11. The minimum absolute atomic E-state index is 0.248. The molecule has 136 valence electrons. The lowest BCUT2D eigenvalue weighted by atomic mass is 9.73. The van der Waals surface area contributed by atoms with E-state index < -0.39 is 0 Å². The van der Waals surface area contributed by atoms with Gasteiger partial charge in [-0.25, -0.2) is 0 Å². The molecule has 0 saturated carbocycles. The van der Waals surface area contributed by atoms with Gasteiger partial charge >= 0.3 is 0 Å². The van der Waals surface area contributed by atoms with E-state index in [1.54, 1.807) is 4.90 Å². The van der Waals surface area contributed by atoms with E-state index in [0.29, 0.717) is 18.4 Å². The Hall–Kier alpha value is -1.39. The number of hydrogen-bond donors (Lipinski definition) is 0. The SMILES string of the molecule is CN(C)C(=O)C[C@@H]1CC2(CCN([C@H]3CCOC3)CC2)c2ccccc21. The molecule has 1 amide bonds. The van der Waals surface area contributed by atoms with Crippen molar-refractivity contribution in [3.05, 3.63) is 35.4 Å². The summed E-state index contributed by atoms with van der Waals surface area (Å²) < 4.78 is 5.58. The van der Waals surface area contributed by atoms with Gasteiger partial charge in [-0.1, -0.05) is 24.3 Å². The lowest BCUT2D eigenvalue weighted by molar-refractivity contribution is -0.129. The van der Waals surface area contributed by atoms with E-state index in [9.17, 15) is 4.79 Å². The predicted octanol–water partition coefficient (Wildman–Crippen LogP) is 2.77. The quantitative estimate of drug-likeness (QED) is 0.847. The zero-order chi connectivity index (χ0) is 17.4. The second-order valence-electron chi connectivity index (χ2n) is 8.31. The van der Waals surface area contributed by atoms with Crippen LogP contribution in [-0.4, -0.2) is 62.1 Å². The molecule has 4 heteroatoms. The van der Waals surface area contributed by atoms with Crippen LogP contribution < -0.4 is 0 Å². The molecule has 2 fully saturated rings. The highest BCUT2D eigenvalue weighted by atomic mass is 16.5. The number of benzene rings is 1. The summed E-state index contributed by atoms with van der Waals surface area (Å²) >= 11 is 0. The number of carbonyl (C=O) groups excluding carboxylic acids is 1. The van der Waals surface area contributed by atoms with Crippen molar-refractivity contribution in [1.29, 1.82) is 0 Å². The topological polar surface area (TPSA) is 32.8 Å². The molecule has 1 spiro atoms. The number of carbonyl (C=O) groups is 1. The first-order valence-electron chi connectivity index (χ1n) is 9.70. The van der Waals surface area contributed by atoms with Gasteiger partial charge in [0.2, 0.25) is 5.91 Å². The lowest BCUT2D eigenvalue weighted by Crippen LogP contribution is -2.46. The van der Waals surface area contributed by atoms with Gasteiger partial charge in [0.25, 0.3) is 0 Å². The molecule has 4 rings (SSSR count). The van der Waals surface area contributed by atoms with Crippen molar-refractivity contribution in [1.82, 2.24) is 9.80 Å². The summed E-state index contributed by atoms with van der Waals surface area (Å²) in [5.74, 6) is 0.629. The molecule has 0 radical (unpaired) electrons. The number of likely N-dealkylation sites (tertiary alicyclic amines) is 1. The predicted molar refractivity (Wildman–Crippen MR) is 98.8 cm³/mol. The summed E-state index contributed by atoms with van der Waals surface area (Å²) in [5.41, 5.74) is 3.23. The highest BCUT2D eigenvalue weighted by molar-refractivity contribution is 5.77. The number of piperidine rings is 1. The number of rotatable bonds is 3. The molecular formula is C21H30N2O2. The molecule has 2 aliphatic heterocycles. The molecule has 1 aliphatic carbocycles. The maximum Gasteiger partial charge on any atom is 0.222 e. The smallest absolute Gasteiger partial charge is 0.222 e. The summed E-state index contributed by atoms with van der Waals surface area (Å²) in [5, 5.41) is 0. The summed E-state index contributed by atoms with van der Waals surface area (Å²) in [6.45, 7) is 4.15. The van der Waals surface area contributed by atoms with E-state index in [0.717, 1.165) is 32.7 Å². The van der Waals surface area contributed by atoms with Gasteiger partial charge in [-0.3, -0.25) is 9.69 Å². The van der Waals surface area contributed by atoms with E-state index in [4.69, 9.17) is 4.74 Å². The first-order valence-corrected chi connectivity index (χ1v) is 9.70. The number of ether oxygens (including phenoxy) is 1. The molecular weight excluding hydrogens is 312 g/mol. The first-order chi connectivity index (χ1) is 12.1. The molecule has 25 heavy (non-hydrogen) atoms. The molecule has 0 unspecified atom stereocenters. The second-order valence-corrected chi connectivity index (χ2v) is 8.31. The Morgan fingerprint density at radius 1 is 1.28 bits per heavy atom. The molecule has 2 atom stereocenters. The maximum atomic E-state index is 12.3. The van der Waals surface area contributed by atoms with Crippen LogP contribution in [-0.2, 0) is 14.9 Å². The van der Waals surface area contributed by atoms with Crippen molar-refractivity contribution in [2.75, 3.05) is 40.4 Å². The fourth-order valence-corrected chi connectivity index (χ4v) is 5.20. The van der Waals surface area contributed by atoms with E-state index in [1.165, 1.54) is 30.4 Å². The Bertz CT molecular complexity index is 629. The highest BCUT2D eigenvalue weighted by Gasteiger charge is 2.46. The number of amides is 1. The van der Waals surface area contributed by atoms with E-state index in [1.807, 2.05) is 14.1 Å². The van der Waals surface area contributed by atoms with Gasteiger partial charge in [0.15, 0.2) is 0 Å². The van der Waals surface area contributed by atoms with Crippen LogP contribution >= 0.6 is 0 Å². The Balaban J connectivity index is 1.52. The first kappa shape index (κ1) is 17.0. The normalized spacial score (nSPS) is 28.2. The van der Waals surface area contributed by atoms with Crippen molar-refractivity contribution in [2.45, 2.75) is 49.5 Å². The summed E-state index contributed by atoms with van der Waals surface area (Å²) in [4.78, 5) is 16.7. The fourth-order valence-electron chi connectivity index (χ4n) is 5.20. The van der Waals surface area contributed by atoms with Gasteiger partial charge in [0, 0.05) is 33.2 Å². The molecule has 4 nitrogen and oxygen atoms in total. The van der Waals surface area contributed by atoms with Crippen LogP contribution in [0.4, 0.5) is 0 Å². The molecule has 1 aromatic rings. The van der Waals surface area contributed by atoms with Crippen molar-refractivity contribution >= 4 is 5.91 Å². The van der Waals surface area contributed by atoms with E-state index >= 15 is 0 Å². The summed E-state index contributed by atoms with van der Waals surface area (Å²) in [6.07, 6.45) is 5.40. The highest BCUT2D eigenvalue weighted by Crippen LogP contribution is 2.53. The van der Waals surface area contributed by atoms with Gasteiger partial charge in [-0.05, 0) is 61.2 Å². The molecule has 2 heterocycles. The van der Waals surface area contributed by atoms with Crippen LogP contribution in [0, 0.1) is 0 Å². The Kier molecular flexibility index (Phi) is 4.59. The Morgan fingerprint density at radius 3 is 2.72 bits per heavy atom. The van der Waals surface area contributed by atoms with Crippen molar-refractivity contribution < 1.29 is 9.53 Å². The van der Waals surface area contributed by atoms with Crippen LogP contribution in [0.25, 0.3) is 0 Å². The summed E-state index contributed by atoms with van der Waals surface area (Å²) in [6, 6.07) is 9.52. The van der Waals surface area contributed by atoms with Crippen LogP contribution in [0.5, 0.6) is 0 Å². The summed E-state index contributed by atoms with van der Waals surface area (Å²) in [7, 11) is 3.72. The average Bonchev–Trinajstić information content (AvgIpc) is 3.24. The molecule has 1 aromatic carbocycles. The minimum Gasteiger partial charge on any atom is -0.380 e. The standard InChI is InChI=1S/C21H30N2O2/c1-22(2)20(24)13-16-14-21(19-6-4-3-5-18(16)19)8-10-23(11-9-21)17-7-12-25-15-17/h3-6,16-17H,7-15H2,1-2H3/t16-,17+/m1/s1. The van der Waals surface area contributed by atoms with Gasteiger partial charge in [-0.2, -0.15) is 0 Å². The number of nitrogens with zero attached hydrogens (tertiary/aromatic N) is 2. The zero-order valence-corrected chi connectivity index (χ0v) is 15.5. The van der Waals surface area contributed by atoms with Gasteiger partial charge in [-0.15, -0.1) is 0 Å². The minimum atomic E-state index is 0.248. The lowest BCUT2D eigenvalue weighted by Gasteiger charge is -2.42. The van der Waals surface area contributed by atoms with Crippen LogP contribution in [0.3, 0.4) is 0 Å². The molecule has 0 aromatic heterocycles. The number of fused-ring (bicyclic) bond motifs is 2. The van der Waals surface area contributed by atoms with Crippen molar-refractivity contribution in [3.8, 4) is 0 Å². The van der Waals surface area contributed by atoms with Crippen molar-refractivity contribution in [2.24, 2.45) is 0 Å². The monoisotopic (exact) mass is 342 g/mol. The fraction of sp³-hybridized carbons (Fsp3) is 0.667. The Morgan fingerprint density at radius 2 is 2.04 bits per heavy atom. The van der Waals surface area contributed by atoms with Crippen LogP contribution in [0.15, 0.2) is 24.3 Å².